The van der Waals surface area contributed by atoms with Gasteiger partial charge in [-0.05, 0) is 13.8 Å². The van der Waals surface area contributed by atoms with Crippen molar-refractivity contribution in [3.05, 3.63) is 23.4 Å². The molecule has 0 unspecified atom stereocenters. The Balaban J connectivity index is 2.80. The zero-order chi connectivity index (χ0) is 9.42. The molecule has 0 aromatic carbocycles. The summed E-state index contributed by atoms with van der Waals surface area (Å²) in [5.41, 5.74) is 2.44. The maximum absolute atomic E-state index is 8.86. The van der Waals surface area contributed by atoms with Gasteiger partial charge in [0, 0.05) is 6.20 Å². The molecule has 0 atom stereocenters. The lowest BCUT2D eigenvalue weighted by Gasteiger charge is -1.97. The van der Waals surface area contributed by atoms with Crippen LogP contribution in [0.2, 0.25) is 0 Å². The van der Waals surface area contributed by atoms with Gasteiger partial charge in [-0.3, -0.25) is 4.98 Å². The predicted octanol–water partition coefficient (Wildman–Crippen LogP) is 0.233. The van der Waals surface area contributed by atoms with E-state index in [9.17, 15) is 0 Å². The molecule has 68 valence electrons. The van der Waals surface area contributed by atoms with Crippen molar-refractivity contribution in [3.8, 4) is 0 Å². The first-order valence-corrected chi connectivity index (χ1v) is 4.01. The minimum absolute atomic E-state index is 0.138. The molecule has 0 aliphatic heterocycles. The lowest BCUT2D eigenvalue weighted by atomic mass is 10.4. The van der Waals surface area contributed by atoms with Crippen LogP contribution in [0.5, 0.6) is 0 Å². The van der Waals surface area contributed by atoms with Crippen molar-refractivity contribution >= 4 is 5.65 Å². The largest absolute Gasteiger partial charge is 0.388 e. The average Bonchev–Trinajstić information content (AvgIpc) is 2.56. The molecule has 13 heavy (non-hydrogen) atoms. The van der Waals surface area contributed by atoms with Gasteiger partial charge < -0.3 is 5.11 Å². The maximum Gasteiger partial charge on any atom is 0.177 e. The molecule has 0 radical (unpaired) electrons. The molecule has 0 fully saturated rings. The molecule has 1 N–H and O–H groups in total. The summed E-state index contributed by atoms with van der Waals surface area (Å²) in [6.45, 7) is 3.63. The van der Waals surface area contributed by atoms with Gasteiger partial charge in [-0.1, -0.05) is 0 Å². The van der Waals surface area contributed by atoms with Crippen molar-refractivity contribution in [1.82, 2.24) is 19.6 Å². The van der Waals surface area contributed by atoms with E-state index in [0.717, 1.165) is 11.4 Å². The summed E-state index contributed by atoms with van der Waals surface area (Å²) in [6.07, 6.45) is 1.73. The molecular weight excluding hydrogens is 168 g/mol. The molecule has 5 heteroatoms. The molecule has 0 aliphatic rings. The smallest absolute Gasteiger partial charge is 0.177 e. The maximum atomic E-state index is 8.86. The van der Waals surface area contributed by atoms with Crippen LogP contribution in [0.1, 0.15) is 17.2 Å². The third-order valence-electron chi connectivity index (χ3n) is 1.90. The Bertz CT molecular complexity index is 410. The molecule has 0 saturated heterocycles. The molecule has 2 aromatic heterocycles. The second kappa shape index (κ2) is 2.77. The van der Waals surface area contributed by atoms with Gasteiger partial charge in [0.1, 0.15) is 6.61 Å². The fraction of sp³-hybridized carbons (Fsp3) is 0.375. The molecule has 0 bridgehead atoms. The molecule has 0 amide bonds. The Morgan fingerprint density at radius 1 is 1.46 bits per heavy atom. The van der Waals surface area contributed by atoms with E-state index < -0.39 is 0 Å². The highest BCUT2D eigenvalue weighted by atomic mass is 16.3. The Labute approximate surface area is 75.1 Å². The summed E-state index contributed by atoms with van der Waals surface area (Å²) in [5, 5.41) is 13.0. The highest BCUT2D eigenvalue weighted by molar-refractivity contribution is 5.42. The average molecular weight is 178 g/mol. The van der Waals surface area contributed by atoms with Crippen LogP contribution in [-0.2, 0) is 6.61 Å². The summed E-state index contributed by atoms with van der Waals surface area (Å²) in [6, 6.07) is 0. The van der Waals surface area contributed by atoms with E-state index in [2.05, 4.69) is 15.1 Å². The van der Waals surface area contributed by atoms with E-state index in [1.54, 1.807) is 10.7 Å². The fourth-order valence-electron chi connectivity index (χ4n) is 1.20. The number of fused-ring (bicyclic) bond motifs is 1. The Morgan fingerprint density at radius 3 is 2.85 bits per heavy atom. The Hall–Kier alpha value is -1.49. The SMILES string of the molecule is Cc1ncc(C)n2nc(CO)nc12. The van der Waals surface area contributed by atoms with Crippen molar-refractivity contribution in [2.45, 2.75) is 20.5 Å². The van der Waals surface area contributed by atoms with E-state index in [1.807, 2.05) is 13.8 Å². The summed E-state index contributed by atoms with van der Waals surface area (Å²) >= 11 is 0. The zero-order valence-electron chi connectivity index (χ0n) is 7.52. The first-order chi connectivity index (χ1) is 6.22. The summed E-state index contributed by atoms with van der Waals surface area (Å²) in [4.78, 5) is 8.28. The van der Waals surface area contributed by atoms with E-state index >= 15 is 0 Å². The number of nitrogens with zero attached hydrogens (tertiary/aromatic N) is 4. The van der Waals surface area contributed by atoms with Gasteiger partial charge in [-0.15, -0.1) is 5.10 Å². The van der Waals surface area contributed by atoms with Crippen molar-refractivity contribution in [3.63, 3.8) is 0 Å². The number of aliphatic hydroxyl groups is 1. The topological polar surface area (TPSA) is 63.3 Å². The molecule has 0 spiro atoms. The fourth-order valence-corrected chi connectivity index (χ4v) is 1.20. The van der Waals surface area contributed by atoms with Crippen LogP contribution >= 0.6 is 0 Å². The summed E-state index contributed by atoms with van der Waals surface area (Å²) in [7, 11) is 0. The molecule has 2 rings (SSSR count). The molecular formula is C8H10N4O. The van der Waals surface area contributed by atoms with E-state index in [-0.39, 0.29) is 6.61 Å². The van der Waals surface area contributed by atoms with Crippen LogP contribution < -0.4 is 0 Å². The monoisotopic (exact) mass is 178 g/mol. The van der Waals surface area contributed by atoms with Crippen LogP contribution in [0.15, 0.2) is 6.20 Å². The first kappa shape index (κ1) is 8.12. The van der Waals surface area contributed by atoms with Crippen molar-refractivity contribution in [1.29, 1.82) is 0 Å². The molecule has 0 saturated carbocycles. The van der Waals surface area contributed by atoms with Crippen LogP contribution in [0.4, 0.5) is 0 Å². The number of hydrogen-bond donors (Lipinski definition) is 1. The molecule has 2 heterocycles. The standard InChI is InChI=1S/C8H10N4O/c1-5-3-9-6(2)8-10-7(4-13)11-12(5)8/h3,13H,4H2,1-2H3. The molecule has 2 aromatic rings. The number of hydrogen-bond acceptors (Lipinski definition) is 4. The zero-order valence-corrected chi connectivity index (χ0v) is 7.52. The van der Waals surface area contributed by atoms with Gasteiger partial charge in [0.05, 0.1) is 11.4 Å². The third-order valence-corrected chi connectivity index (χ3v) is 1.90. The lowest BCUT2D eigenvalue weighted by Crippen LogP contribution is -1.97. The molecule has 0 aliphatic carbocycles. The van der Waals surface area contributed by atoms with Gasteiger partial charge in [0.15, 0.2) is 11.5 Å². The Kier molecular flexibility index (Phi) is 1.73. The summed E-state index contributed by atoms with van der Waals surface area (Å²) in [5.74, 6) is 0.430. The van der Waals surface area contributed by atoms with Crippen LogP contribution in [0, 0.1) is 13.8 Å². The normalized spacial score (nSPS) is 11.0. The highest BCUT2D eigenvalue weighted by Gasteiger charge is 2.06. The van der Waals surface area contributed by atoms with E-state index in [0.29, 0.717) is 11.5 Å². The summed E-state index contributed by atoms with van der Waals surface area (Å²) < 4.78 is 1.69. The number of rotatable bonds is 1. The minimum atomic E-state index is -0.138. The van der Waals surface area contributed by atoms with Gasteiger partial charge in [0.25, 0.3) is 0 Å². The minimum Gasteiger partial charge on any atom is -0.388 e. The highest BCUT2D eigenvalue weighted by Crippen LogP contribution is 2.07. The number of aromatic nitrogens is 4. The van der Waals surface area contributed by atoms with Crippen molar-refractivity contribution < 1.29 is 5.11 Å². The quantitative estimate of drug-likeness (QED) is 0.679. The lowest BCUT2D eigenvalue weighted by molar-refractivity contribution is 0.271. The van der Waals surface area contributed by atoms with Crippen LogP contribution in [0.3, 0.4) is 0 Å². The van der Waals surface area contributed by atoms with Crippen molar-refractivity contribution in [2.24, 2.45) is 0 Å². The van der Waals surface area contributed by atoms with E-state index in [1.165, 1.54) is 0 Å². The molecule has 5 nitrogen and oxygen atoms in total. The van der Waals surface area contributed by atoms with Crippen LogP contribution in [0.25, 0.3) is 5.65 Å². The van der Waals surface area contributed by atoms with Gasteiger partial charge in [0.2, 0.25) is 0 Å². The van der Waals surface area contributed by atoms with E-state index in [4.69, 9.17) is 5.11 Å². The van der Waals surface area contributed by atoms with Gasteiger partial charge >= 0.3 is 0 Å². The predicted molar refractivity (Wildman–Crippen MR) is 46.2 cm³/mol. The van der Waals surface area contributed by atoms with Crippen molar-refractivity contribution in [2.75, 3.05) is 0 Å². The number of aliphatic hydroxyl groups excluding tert-OH is 1. The third kappa shape index (κ3) is 1.17. The second-order valence-corrected chi connectivity index (χ2v) is 2.91. The van der Waals surface area contributed by atoms with Crippen LogP contribution in [-0.4, -0.2) is 24.7 Å². The van der Waals surface area contributed by atoms with Gasteiger partial charge in [-0.2, -0.15) is 0 Å². The Morgan fingerprint density at radius 2 is 2.23 bits per heavy atom. The first-order valence-electron chi connectivity index (χ1n) is 4.01. The van der Waals surface area contributed by atoms with Gasteiger partial charge in [-0.25, -0.2) is 9.50 Å². The number of aryl methyl sites for hydroxylation is 2. The second-order valence-electron chi connectivity index (χ2n) is 2.91.